The van der Waals surface area contributed by atoms with E-state index in [0.717, 1.165) is 11.3 Å². The van der Waals surface area contributed by atoms with Gasteiger partial charge in [-0.05, 0) is 19.1 Å². The Morgan fingerprint density at radius 3 is 2.60 bits per heavy atom. The van der Waals surface area contributed by atoms with Gasteiger partial charge in [-0.3, -0.25) is 14.9 Å². The van der Waals surface area contributed by atoms with Gasteiger partial charge in [-0.1, -0.05) is 44.2 Å². The Hall–Kier alpha value is -2.48. The zero-order valence-corrected chi connectivity index (χ0v) is 15.7. The van der Waals surface area contributed by atoms with Gasteiger partial charge in [0.05, 0.1) is 7.11 Å². The molecule has 1 atom stereocenters. The third kappa shape index (κ3) is 4.99. The molecule has 1 unspecified atom stereocenters. The van der Waals surface area contributed by atoms with Crippen molar-refractivity contribution in [2.45, 2.75) is 33.7 Å². The number of anilines is 1. The van der Waals surface area contributed by atoms with E-state index in [0.29, 0.717) is 10.1 Å². The number of hydrogen-bond donors (Lipinski definition) is 2. The highest BCUT2D eigenvalue weighted by atomic mass is 32.1. The molecule has 0 aliphatic carbocycles. The number of ether oxygens (including phenoxy) is 1. The molecule has 0 aliphatic heterocycles. The van der Waals surface area contributed by atoms with Crippen LogP contribution in [0.3, 0.4) is 0 Å². The zero-order valence-electron chi connectivity index (χ0n) is 14.9. The van der Waals surface area contributed by atoms with E-state index >= 15 is 0 Å². The molecule has 0 saturated carbocycles. The van der Waals surface area contributed by atoms with E-state index in [4.69, 9.17) is 4.74 Å². The fourth-order valence-electron chi connectivity index (χ4n) is 1.84. The lowest BCUT2D eigenvalue weighted by atomic mass is 9.95. The Morgan fingerprint density at radius 2 is 1.96 bits per heavy atom. The van der Waals surface area contributed by atoms with Crippen LogP contribution in [0.2, 0.25) is 0 Å². The third-order valence-electron chi connectivity index (χ3n) is 3.39. The van der Waals surface area contributed by atoms with Crippen LogP contribution < -0.4 is 15.4 Å². The lowest BCUT2D eigenvalue weighted by Gasteiger charge is -2.21. The minimum absolute atomic E-state index is 0.190. The van der Waals surface area contributed by atoms with Crippen LogP contribution in [0, 0.1) is 5.41 Å². The number of nitrogens with zero attached hydrogens (tertiary/aromatic N) is 2. The Balaban J connectivity index is 2.03. The summed E-state index contributed by atoms with van der Waals surface area (Å²) >= 11 is 1.25. The van der Waals surface area contributed by atoms with E-state index in [2.05, 4.69) is 20.8 Å². The zero-order chi connectivity index (χ0) is 18.6. The van der Waals surface area contributed by atoms with Crippen molar-refractivity contribution in [1.82, 2.24) is 15.5 Å². The molecular weight excluding hydrogens is 340 g/mol. The van der Waals surface area contributed by atoms with Gasteiger partial charge in [-0.2, -0.15) is 0 Å². The van der Waals surface area contributed by atoms with Crippen molar-refractivity contribution in [2.24, 2.45) is 5.41 Å². The summed E-state index contributed by atoms with van der Waals surface area (Å²) < 4.78 is 5.19. The number of nitrogens with one attached hydrogen (secondary N) is 2. The molecule has 0 spiro atoms. The monoisotopic (exact) mass is 362 g/mol. The van der Waals surface area contributed by atoms with Gasteiger partial charge in [-0.25, -0.2) is 0 Å². The molecule has 0 saturated heterocycles. The number of aromatic nitrogens is 2. The van der Waals surface area contributed by atoms with Crippen LogP contribution in [0.15, 0.2) is 24.3 Å². The van der Waals surface area contributed by atoms with E-state index in [1.807, 2.05) is 24.3 Å². The predicted molar refractivity (Wildman–Crippen MR) is 97.6 cm³/mol. The number of carbonyl (C=O) groups excluding carboxylic acids is 2. The average Bonchev–Trinajstić information content (AvgIpc) is 3.02. The molecule has 1 aromatic carbocycles. The van der Waals surface area contributed by atoms with E-state index in [9.17, 15) is 9.59 Å². The molecule has 2 aromatic rings. The Labute approximate surface area is 150 Å². The predicted octanol–water partition coefficient (Wildman–Crippen LogP) is 2.70. The molecule has 2 N–H and O–H groups in total. The van der Waals surface area contributed by atoms with Crippen molar-refractivity contribution >= 4 is 28.3 Å². The molecule has 2 amide bonds. The van der Waals surface area contributed by atoms with Gasteiger partial charge in [-0.15, -0.1) is 10.2 Å². The SMILES string of the molecule is COc1cccc(-c2nnc(NC(=O)C(C)NC(=O)C(C)(C)C)s2)c1. The largest absolute Gasteiger partial charge is 0.497 e. The Kier molecular flexibility index (Phi) is 5.73. The smallest absolute Gasteiger partial charge is 0.248 e. The second-order valence-electron chi connectivity index (χ2n) is 6.58. The minimum Gasteiger partial charge on any atom is -0.497 e. The minimum atomic E-state index is -0.670. The summed E-state index contributed by atoms with van der Waals surface area (Å²) in [5, 5.41) is 14.5. The standard InChI is InChI=1S/C17H22N4O3S/c1-10(18-15(23)17(2,3)4)13(22)19-16-21-20-14(25-16)11-7-6-8-12(9-11)24-5/h6-10H,1-5H3,(H,18,23)(H,19,21,22). The maximum absolute atomic E-state index is 12.2. The first kappa shape index (κ1) is 18.9. The van der Waals surface area contributed by atoms with Gasteiger partial charge in [0.25, 0.3) is 0 Å². The first-order chi connectivity index (χ1) is 11.7. The van der Waals surface area contributed by atoms with Crippen molar-refractivity contribution < 1.29 is 14.3 Å². The number of methoxy groups -OCH3 is 1. The summed E-state index contributed by atoms with van der Waals surface area (Å²) in [6.07, 6.45) is 0. The van der Waals surface area contributed by atoms with Crippen LogP contribution in [0.1, 0.15) is 27.7 Å². The number of benzene rings is 1. The number of carbonyl (C=O) groups is 2. The summed E-state index contributed by atoms with van der Waals surface area (Å²) in [6, 6.07) is 6.76. The molecule has 1 aromatic heterocycles. The maximum atomic E-state index is 12.2. The Morgan fingerprint density at radius 1 is 1.24 bits per heavy atom. The van der Waals surface area contributed by atoms with Crippen LogP contribution in [0.4, 0.5) is 5.13 Å². The number of rotatable bonds is 5. The maximum Gasteiger partial charge on any atom is 0.248 e. The summed E-state index contributed by atoms with van der Waals surface area (Å²) in [7, 11) is 1.60. The summed E-state index contributed by atoms with van der Waals surface area (Å²) in [6.45, 7) is 7.00. The topological polar surface area (TPSA) is 93.2 Å². The van der Waals surface area contributed by atoms with E-state index in [1.165, 1.54) is 11.3 Å². The Bertz CT molecular complexity index is 767. The van der Waals surface area contributed by atoms with E-state index in [1.54, 1.807) is 34.8 Å². The fourth-order valence-corrected chi connectivity index (χ4v) is 2.58. The van der Waals surface area contributed by atoms with Gasteiger partial charge in [0.2, 0.25) is 16.9 Å². The van der Waals surface area contributed by atoms with E-state index < -0.39 is 11.5 Å². The van der Waals surface area contributed by atoms with Gasteiger partial charge < -0.3 is 10.1 Å². The third-order valence-corrected chi connectivity index (χ3v) is 4.28. The fraction of sp³-hybridized carbons (Fsp3) is 0.412. The molecule has 8 heteroatoms. The summed E-state index contributed by atoms with van der Waals surface area (Å²) in [5.41, 5.74) is 0.294. The molecule has 0 fully saturated rings. The average molecular weight is 362 g/mol. The highest BCUT2D eigenvalue weighted by Gasteiger charge is 2.25. The molecule has 7 nitrogen and oxygen atoms in total. The molecule has 0 radical (unpaired) electrons. The first-order valence-electron chi connectivity index (χ1n) is 7.80. The van der Waals surface area contributed by atoms with Gasteiger partial charge in [0.15, 0.2) is 0 Å². The van der Waals surface area contributed by atoms with Crippen molar-refractivity contribution in [2.75, 3.05) is 12.4 Å². The van der Waals surface area contributed by atoms with Crippen LogP contribution >= 0.6 is 11.3 Å². The summed E-state index contributed by atoms with van der Waals surface area (Å²) in [4.78, 5) is 24.2. The molecule has 1 heterocycles. The van der Waals surface area contributed by atoms with Crippen molar-refractivity contribution in [3.63, 3.8) is 0 Å². The molecule has 0 bridgehead atoms. The van der Waals surface area contributed by atoms with Gasteiger partial charge in [0, 0.05) is 11.0 Å². The second-order valence-corrected chi connectivity index (χ2v) is 7.56. The molecule has 134 valence electrons. The van der Waals surface area contributed by atoms with Crippen LogP contribution in [-0.4, -0.2) is 35.2 Å². The molecule has 2 rings (SSSR count). The quantitative estimate of drug-likeness (QED) is 0.853. The van der Waals surface area contributed by atoms with Crippen LogP contribution in [0.5, 0.6) is 5.75 Å². The van der Waals surface area contributed by atoms with Crippen molar-refractivity contribution in [3.05, 3.63) is 24.3 Å². The van der Waals surface area contributed by atoms with Crippen molar-refractivity contribution in [3.8, 4) is 16.3 Å². The highest BCUT2D eigenvalue weighted by molar-refractivity contribution is 7.18. The highest BCUT2D eigenvalue weighted by Crippen LogP contribution is 2.28. The van der Waals surface area contributed by atoms with Crippen LogP contribution in [0.25, 0.3) is 10.6 Å². The number of amides is 2. The van der Waals surface area contributed by atoms with Gasteiger partial charge in [0.1, 0.15) is 16.8 Å². The lowest BCUT2D eigenvalue weighted by molar-refractivity contribution is -0.131. The number of hydrogen-bond acceptors (Lipinski definition) is 6. The second kappa shape index (κ2) is 7.60. The summed E-state index contributed by atoms with van der Waals surface area (Å²) in [5.74, 6) is 0.187. The lowest BCUT2D eigenvalue weighted by Crippen LogP contribution is -2.46. The van der Waals surface area contributed by atoms with E-state index in [-0.39, 0.29) is 11.8 Å². The van der Waals surface area contributed by atoms with Gasteiger partial charge >= 0.3 is 0 Å². The molecule has 0 aliphatic rings. The molecular formula is C17H22N4O3S. The van der Waals surface area contributed by atoms with Crippen LogP contribution in [-0.2, 0) is 9.59 Å². The van der Waals surface area contributed by atoms with Crippen molar-refractivity contribution in [1.29, 1.82) is 0 Å². The normalized spacial score (nSPS) is 12.4. The molecule has 25 heavy (non-hydrogen) atoms. The first-order valence-corrected chi connectivity index (χ1v) is 8.62.